The Morgan fingerprint density at radius 3 is 1.69 bits per heavy atom. The van der Waals surface area contributed by atoms with E-state index in [4.69, 9.17) is 9.47 Å². The lowest BCUT2D eigenvalue weighted by Gasteiger charge is -2.36. The lowest BCUT2D eigenvalue weighted by molar-refractivity contribution is -0.149. The van der Waals surface area contributed by atoms with Gasteiger partial charge in [-0.25, -0.2) is 4.99 Å². The normalized spacial score (nSPS) is 31.0. The molecule has 1 aromatic rings. The average Bonchev–Trinajstić information content (AvgIpc) is 3.32. The highest BCUT2D eigenvalue weighted by Gasteiger charge is 2.40. The van der Waals surface area contributed by atoms with Crippen molar-refractivity contribution in [3.05, 3.63) is 28.3 Å². The highest BCUT2D eigenvalue weighted by Crippen LogP contribution is 2.42. The van der Waals surface area contributed by atoms with Crippen LogP contribution in [0.3, 0.4) is 0 Å². The monoisotopic (exact) mass is 622 g/mol. The number of H-pyrrole nitrogens is 1. The van der Waals surface area contributed by atoms with E-state index in [1.165, 1.54) is 13.8 Å². The summed E-state index contributed by atoms with van der Waals surface area (Å²) in [4.78, 5) is 58.9. The number of anilines is 1. The van der Waals surface area contributed by atoms with Gasteiger partial charge < -0.3 is 25.1 Å². The van der Waals surface area contributed by atoms with Gasteiger partial charge >= 0.3 is 11.9 Å². The van der Waals surface area contributed by atoms with E-state index in [-0.39, 0.29) is 82.4 Å². The van der Waals surface area contributed by atoms with Crippen LogP contribution in [-0.4, -0.2) is 34.6 Å². The second-order valence-corrected chi connectivity index (χ2v) is 14.1. The van der Waals surface area contributed by atoms with Gasteiger partial charge in [0.05, 0.1) is 17.5 Å². The third kappa shape index (κ3) is 7.59. The Hall–Kier alpha value is -3.69. The molecule has 2 fully saturated rings. The Morgan fingerprint density at radius 1 is 0.756 bits per heavy atom. The van der Waals surface area contributed by atoms with Crippen LogP contribution in [0.5, 0.6) is 5.75 Å². The molecule has 45 heavy (non-hydrogen) atoms. The molecule has 4 atom stereocenters. The van der Waals surface area contributed by atoms with Crippen molar-refractivity contribution in [1.29, 1.82) is 0 Å². The minimum Gasteiger partial charge on any atom is -0.422 e. The van der Waals surface area contributed by atoms with Crippen molar-refractivity contribution in [2.24, 2.45) is 52.3 Å². The van der Waals surface area contributed by atoms with Gasteiger partial charge in [0, 0.05) is 30.7 Å². The third-order valence-electron chi connectivity index (χ3n) is 9.78. The van der Waals surface area contributed by atoms with Crippen LogP contribution < -0.4 is 15.4 Å². The molecule has 3 aliphatic rings. The summed E-state index contributed by atoms with van der Waals surface area (Å²) in [6.07, 6.45) is 5.55. The van der Waals surface area contributed by atoms with E-state index in [9.17, 15) is 19.2 Å². The molecule has 10 heteroatoms. The molecule has 2 heterocycles. The molecule has 0 saturated heterocycles. The number of rotatable bonds is 6. The number of esters is 2. The minimum absolute atomic E-state index is 0.163. The zero-order chi connectivity index (χ0) is 33.3. The number of aliphatic imine (C=N–C) groups is 1. The van der Waals surface area contributed by atoms with Crippen LogP contribution in [0.4, 0.5) is 5.82 Å². The van der Waals surface area contributed by atoms with Crippen molar-refractivity contribution >= 4 is 41.5 Å². The van der Waals surface area contributed by atoms with Gasteiger partial charge in [0.2, 0.25) is 11.8 Å². The summed E-state index contributed by atoms with van der Waals surface area (Å²) in [6.45, 7) is 19.1. The van der Waals surface area contributed by atoms with Crippen molar-refractivity contribution < 1.29 is 28.7 Å². The standard InChI is InChI=1S/C35H50N4O6/c1-16-11-18(3)28(19(4)12-16)34(42)44-30-22(7)26(38-32(30)36-24(9)40)15-27-23(8)31(33(39-27)37-25(10)41)45-35(43)29-20(5)13-17(2)14-21(29)6/h15-21,28-29,38H,11-14H2,1-10H3,(H,36,40)(H,37,39,41). The van der Waals surface area contributed by atoms with Gasteiger partial charge in [0.15, 0.2) is 23.2 Å². The number of carbonyl (C=O) groups is 4. The number of carbonyl (C=O) groups excluding carboxylic acids is 4. The van der Waals surface area contributed by atoms with E-state index in [2.05, 4.69) is 62.2 Å². The second kappa shape index (κ2) is 13.7. The van der Waals surface area contributed by atoms with E-state index in [0.717, 1.165) is 25.7 Å². The SMILES string of the molecule is CC(=O)NC1=NC(=Cc2[nH]c(NC(C)=O)c(OC(=O)C3C(C)CC(C)CC3C)c2C)C(C)=C1OC(=O)C1C(C)CC(C)CC1C. The van der Waals surface area contributed by atoms with Crippen molar-refractivity contribution in [1.82, 2.24) is 10.3 Å². The van der Waals surface area contributed by atoms with E-state index < -0.39 is 0 Å². The van der Waals surface area contributed by atoms with E-state index in [1.807, 2.05) is 0 Å². The quantitative estimate of drug-likeness (QED) is 0.308. The van der Waals surface area contributed by atoms with Gasteiger partial charge in [-0.2, -0.15) is 0 Å². The first-order valence-electron chi connectivity index (χ1n) is 16.3. The number of hydrogen-bond acceptors (Lipinski definition) is 7. The van der Waals surface area contributed by atoms with E-state index in [0.29, 0.717) is 34.4 Å². The number of allylic oxidation sites excluding steroid dienone is 1. The Morgan fingerprint density at radius 2 is 1.22 bits per heavy atom. The fraction of sp³-hybridized carbons (Fsp3) is 0.629. The summed E-state index contributed by atoms with van der Waals surface area (Å²) >= 11 is 0. The maximum atomic E-state index is 13.5. The number of amides is 2. The first kappa shape index (κ1) is 34.2. The molecule has 1 aromatic heterocycles. The number of nitrogens with one attached hydrogen (secondary N) is 3. The van der Waals surface area contributed by atoms with Gasteiger partial charge in [-0.05, 0) is 81.1 Å². The molecule has 1 aliphatic heterocycles. The van der Waals surface area contributed by atoms with E-state index >= 15 is 0 Å². The van der Waals surface area contributed by atoms with Gasteiger partial charge in [-0.3, -0.25) is 19.2 Å². The molecule has 2 aliphatic carbocycles. The first-order valence-corrected chi connectivity index (χ1v) is 16.3. The molecular formula is C35H50N4O6. The summed E-state index contributed by atoms with van der Waals surface area (Å²) in [5.74, 6) is 0.907. The van der Waals surface area contributed by atoms with Gasteiger partial charge in [-0.15, -0.1) is 0 Å². The number of nitrogens with zero attached hydrogens (tertiary/aromatic N) is 1. The van der Waals surface area contributed by atoms with Gasteiger partial charge in [0.1, 0.15) is 0 Å². The van der Waals surface area contributed by atoms with Crippen LogP contribution >= 0.6 is 0 Å². The average molecular weight is 623 g/mol. The molecule has 4 rings (SSSR count). The molecule has 10 nitrogen and oxygen atoms in total. The van der Waals surface area contributed by atoms with Crippen LogP contribution in [0, 0.1) is 54.3 Å². The summed E-state index contributed by atoms with van der Waals surface area (Å²) in [7, 11) is 0. The van der Waals surface area contributed by atoms with Gasteiger partial charge in [0.25, 0.3) is 0 Å². The Kier molecular flexibility index (Phi) is 10.4. The maximum absolute atomic E-state index is 13.5. The number of ether oxygens (including phenoxy) is 2. The van der Waals surface area contributed by atoms with E-state index in [1.54, 1.807) is 19.9 Å². The Balaban J connectivity index is 1.67. The molecule has 0 bridgehead atoms. The Labute approximate surface area is 266 Å². The number of aromatic nitrogens is 1. The number of hydrogen-bond donors (Lipinski definition) is 3. The molecule has 0 aromatic carbocycles. The first-order chi connectivity index (χ1) is 21.1. The van der Waals surface area contributed by atoms with Crippen LogP contribution in [0.1, 0.15) is 99.3 Å². The predicted molar refractivity (Wildman–Crippen MR) is 174 cm³/mol. The molecule has 2 amide bonds. The zero-order valence-corrected chi connectivity index (χ0v) is 28.4. The number of amidine groups is 1. The summed E-state index contributed by atoms with van der Waals surface area (Å²) in [6, 6.07) is 0. The third-order valence-corrected chi connectivity index (χ3v) is 9.78. The summed E-state index contributed by atoms with van der Waals surface area (Å²) in [5, 5.41) is 5.46. The fourth-order valence-electron chi connectivity index (χ4n) is 8.04. The smallest absolute Gasteiger partial charge is 0.315 e. The maximum Gasteiger partial charge on any atom is 0.315 e. The van der Waals surface area contributed by atoms with Crippen molar-refractivity contribution in [2.75, 3.05) is 5.32 Å². The topological polar surface area (TPSA) is 139 Å². The van der Waals surface area contributed by atoms with Gasteiger partial charge in [-0.1, -0.05) is 41.5 Å². The molecule has 0 spiro atoms. The lowest BCUT2D eigenvalue weighted by Crippen LogP contribution is -2.37. The second-order valence-electron chi connectivity index (χ2n) is 14.1. The lowest BCUT2D eigenvalue weighted by atomic mass is 9.69. The molecular weight excluding hydrogens is 572 g/mol. The molecule has 2 saturated carbocycles. The van der Waals surface area contributed by atoms with Crippen molar-refractivity contribution in [3.63, 3.8) is 0 Å². The highest BCUT2D eigenvalue weighted by molar-refractivity contribution is 6.10. The Bertz CT molecular complexity index is 1430. The molecule has 3 N–H and O–H groups in total. The zero-order valence-electron chi connectivity index (χ0n) is 28.4. The van der Waals surface area contributed by atoms with Crippen LogP contribution in [0.15, 0.2) is 22.0 Å². The largest absolute Gasteiger partial charge is 0.422 e. The van der Waals surface area contributed by atoms with Crippen LogP contribution in [-0.2, 0) is 23.9 Å². The highest BCUT2D eigenvalue weighted by atomic mass is 16.5. The molecule has 0 radical (unpaired) electrons. The summed E-state index contributed by atoms with van der Waals surface area (Å²) in [5.41, 5.74) is 2.19. The molecule has 4 unspecified atom stereocenters. The van der Waals surface area contributed by atoms with Crippen molar-refractivity contribution in [3.8, 4) is 5.75 Å². The molecule has 246 valence electrons. The minimum atomic E-state index is -0.344. The van der Waals surface area contributed by atoms with Crippen LogP contribution in [0.25, 0.3) is 6.08 Å². The predicted octanol–water partition coefficient (Wildman–Crippen LogP) is 6.53. The fourth-order valence-corrected chi connectivity index (χ4v) is 8.04. The van der Waals surface area contributed by atoms with Crippen molar-refractivity contribution in [2.45, 2.75) is 94.9 Å². The van der Waals surface area contributed by atoms with Crippen LogP contribution in [0.2, 0.25) is 0 Å². The summed E-state index contributed by atoms with van der Waals surface area (Å²) < 4.78 is 12.0. The number of aromatic amines is 1.